The molecule has 3 aromatic heterocycles. The maximum Gasteiger partial charge on any atom is 0.311 e. The van der Waals surface area contributed by atoms with E-state index in [4.69, 9.17) is 4.74 Å². The number of carbonyl (C=O) groups is 2. The van der Waals surface area contributed by atoms with E-state index in [1.54, 1.807) is 30.7 Å². The molecule has 3 aromatic rings. The highest BCUT2D eigenvalue weighted by Gasteiger charge is 2.37. The normalized spacial score (nSPS) is 19.8. The molecule has 11 heteroatoms. The molecule has 34 heavy (non-hydrogen) atoms. The van der Waals surface area contributed by atoms with Crippen molar-refractivity contribution in [1.29, 1.82) is 0 Å². The Hall–Kier alpha value is -4.02. The van der Waals surface area contributed by atoms with Gasteiger partial charge in [0.2, 0.25) is 11.9 Å². The zero-order chi connectivity index (χ0) is 23.8. The van der Waals surface area contributed by atoms with Gasteiger partial charge in [-0.05, 0) is 13.0 Å². The molecule has 0 radical (unpaired) electrons. The molecule has 10 nitrogen and oxygen atoms in total. The SMILES string of the molecule is COC(=O)C1CC(=O)N(c2cc(F)nc(N3CCc4nc(-c5ncccn5)ncc4C3C)c2)C1. The Bertz CT molecular complexity index is 1260. The summed E-state index contributed by atoms with van der Waals surface area (Å²) < 4.78 is 19.3. The first-order chi connectivity index (χ1) is 16.4. The molecule has 0 N–H and O–H groups in total. The van der Waals surface area contributed by atoms with Crippen LogP contribution in [0.2, 0.25) is 0 Å². The summed E-state index contributed by atoms with van der Waals surface area (Å²) in [6, 6.07) is 4.44. The highest BCUT2D eigenvalue weighted by molar-refractivity contribution is 5.99. The highest BCUT2D eigenvalue weighted by atomic mass is 19.1. The van der Waals surface area contributed by atoms with Crippen molar-refractivity contribution in [2.24, 2.45) is 5.92 Å². The van der Waals surface area contributed by atoms with Crippen LogP contribution < -0.4 is 9.80 Å². The number of pyridine rings is 1. The fraction of sp³-hybridized carbons (Fsp3) is 0.348. The molecule has 174 valence electrons. The summed E-state index contributed by atoms with van der Waals surface area (Å²) in [4.78, 5) is 49.3. The van der Waals surface area contributed by atoms with Crippen molar-refractivity contribution in [2.75, 3.05) is 30.0 Å². The Morgan fingerprint density at radius 2 is 1.94 bits per heavy atom. The molecular weight excluding hydrogens is 441 g/mol. The topological polar surface area (TPSA) is 114 Å². The van der Waals surface area contributed by atoms with Crippen LogP contribution in [0.3, 0.4) is 0 Å². The van der Waals surface area contributed by atoms with Gasteiger partial charge >= 0.3 is 5.97 Å². The van der Waals surface area contributed by atoms with E-state index >= 15 is 0 Å². The molecule has 0 saturated carbocycles. The number of amides is 1. The minimum Gasteiger partial charge on any atom is -0.469 e. The summed E-state index contributed by atoms with van der Waals surface area (Å²) in [5.41, 5.74) is 2.15. The fourth-order valence-corrected chi connectivity index (χ4v) is 4.45. The average Bonchev–Trinajstić information content (AvgIpc) is 3.25. The number of ether oxygens (including phenoxy) is 1. The van der Waals surface area contributed by atoms with Gasteiger partial charge in [-0.2, -0.15) is 4.39 Å². The van der Waals surface area contributed by atoms with Crippen molar-refractivity contribution in [3.63, 3.8) is 0 Å². The molecule has 0 aliphatic carbocycles. The van der Waals surface area contributed by atoms with E-state index in [-0.39, 0.29) is 24.9 Å². The van der Waals surface area contributed by atoms with Gasteiger partial charge in [-0.15, -0.1) is 0 Å². The third-order valence-electron chi connectivity index (χ3n) is 6.20. The number of hydrogen-bond donors (Lipinski definition) is 0. The standard InChI is InChI=1S/C23H22FN7O3/c1-13-16-11-27-22(21-25-5-3-6-26-21)28-17(16)4-7-30(13)19-10-15(9-18(24)29-19)31-12-14(8-20(31)32)23(33)34-2/h3,5-6,9-11,13-14H,4,7-8,12H2,1-2H3. The Kier molecular flexibility index (Phi) is 5.60. The Morgan fingerprint density at radius 3 is 2.71 bits per heavy atom. The fourth-order valence-electron chi connectivity index (χ4n) is 4.45. The Morgan fingerprint density at radius 1 is 1.15 bits per heavy atom. The van der Waals surface area contributed by atoms with Gasteiger partial charge in [-0.25, -0.2) is 24.9 Å². The van der Waals surface area contributed by atoms with E-state index in [1.807, 2.05) is 11.8 Å². The van der Waals surface area contributed by atoms with Crippen molar-refractivity contribution in [3.05, 3.63) is 54.0 Å². The first-order valence-corrected chi connectivity index (χ1v) is 10.9. The number of esters is 1. The zero-order valence-electron chi connectivity index (χ0n) is 18.7. The summed E-state index contributed by atoms with van der Waals surface area (Å²) in [6.45, 7) is 2.67. The van der Waals surface area contributed by atoms with Gasteiger partial charge in [0.25, 0.3) is 0 Å². The van der Waals surface area contributed by atoms with Crippen molar-refractivity contribution in [3.8, 4) is 11.6 Å². The van der Waals surface area contributed by atoms with Crippen molar-refractivity contribution < 1.29 is 18.7 Å². The largest absolute Gasteiger partial charge is 0.469 e. The average molecular weight is 463 g/mol. The first kappa shape index (κ1) is 21.8. The number of anilines is 2. The van der Waals surface area contributed by atoms with Crippen LogP contribution in [0.5, 0.6) is 0 Å². The first-order valence-electron chi connectivity index (χ1n) is 10.9. The number of hydrogen-bond acceptors (Lipinski definition) is 9. The number of carbonyl (C=O) groups excluding carboxylic acids is 2. The molecule has 2 aliphatic heterocycles. The Labute approximate surface area is 194 Å². The molecular formula is C23H22FN7O3. The lowest BCUT2D eigenvalue weighted by Gasteiger charge is -2.35. The second-order valence-corrected chi connectivity index (χ2v) is 8.22. The Balaban J connectivity index is 1.42. The lowest BCUT2D eigenvalue weighted by molar-refractivity contribution is -0.145. The third kappa shape index (κ3) is 3.93. The molecule has 2 atom stereocenters. The minimum absolute atomic E-state index is 0.0320. The highest BCUT2D eigenvalue weighted by Crippen LogP contribution is 2.35. The van der Waals surface area contributed by atoms with Crippen LogP contribution in [0, 0.1) is 11.9 Å². The van der Waals surface area contributed by atoms with Gasteiger partial charge in [0.05, 0.1) is 30.5 Å². The summed E-state index contributed by atoms with van der Waals surface area (Å²) in [7, 11) is 1.29. The minimum atomic E-state index is -0.701. The summed E-state index contributed by atoms with van der Waals surface area (Å²) in [5.74, 6) is -0.667. The van der Waals surface area contributed by atoms with Crippen LogP contribution in [-0.4, -0.2) is 57.0 Å². The third-order valence-corrected chi connectivity index (χ3v) is 6.20. The van der Waals surface area contributed by atoms with E-state index in [0.29, 0.717) is 36.1 Å². The summed E-state index contributed by atoms with van der Waals surface area (Å²) >= 11 is 0. The molecule has 2 unspecified atom stereocenters. The molecule has 5 heterocycles. The van der Waals surface area contributed by atoms with Crippen LogP contribution in [0.4, 0.5) is 15.9 Å². The smallest absolute Gasteiger partial charge is 0.311 e. The lowest BCUT2D eigenvalue weighted by atomic mass is 9.99. The zero-order valence-corrected chi connectivity index (χ0v) is 18.7. The molecule has 0 spiro atoms. The number of methoxy groups -OCH3 is 1. The quantitative estimate of drug-likeness (QED) is 0.424. The number of rotatable bonds is 4. The van der Waals surface area contributed by atoms with Crippen molar-refractivity contribution in [1.82, 2.24) is 24.9 Å². The molecule has 0 aromatic carbocycles. The van der Waals surface area contributed by atoms with Gasteiger partial charge in [0, 0.05) is 62.2 Å². The molecule has 1 fully saturated rings. The van der Waals surface area contributed by atoms with Crippen molar-refractivity contribution >= 4 is 23.4 Å². The number of nitrogens with zero attached hydrogens (tertiary/aromatic N) is 7. The van der Waals surface area contributed by atoms with Gasteiger partial charge in [-0.3, -0.25) is 9.59 Å². The van der Waals surface area contributed by atoms with Gasteiger partial charge in [-0.1, -0.05) is 0 Å². The van der Waals surface area contributed by atoms with Crippen LogP contribution >= 0.6 is 0 Å². The molecule has 0 bridgehead atoms. The maximum absolute atomic E-state index is 14.5. The summed E-state index contributed by atoms with van der Waals surface area (Å²) in [6.07, 6.45) is 5.66. The van der Waals surface area contributed by atoms with Gasteiger partial charge < -0.3 is 14.5 Å². The van der Waals surface area contributed by atoms with Crippen LogP contribution in [0.25, 0.3) is 11.6 Å². The molecule has 2 aliphatic rings. The second-order valence-electron chi connectivity index (χ2n) is 8.22. The summed E-state index contributed by atoms with van der Waals surface area (Å²) in [5, 5.41) is 0. The van der Waals surface area contributed by atoms with E-state index in [2.05, 4.69) is 24.9 Å². The number of halogens is 1. The van der Waals surface area contributed by atoms with Gasteiger partial charge in [0.15, 0.2) is 11.6 Å². The van der Waals surface area contributed by atoms with E-state index < -0.39 is 17.8 Å². The van der Waals surface area contributed by atoms with Crippen LogP contribution in [0.1, 0.15) is 30.6 Å². The number of aromatic nitrogens is 5. The van der Waals surface area contributed by atoms with Gasteiger partial charge in [0.1, 0.15) is 5.82 Å². The van der Waals surface area contributed by atoms with Crippen LogP contribution in [0.15, 0.2) is 36.8 Å². The lowest BCUT2D eigenvalue weighted by Crippen LogP contribution is -2.36. The predicted octanol–water partition coefficient (Wildman–Crippen LogP) is 2.12. The van der Waals surface area contributed by atoms with Crippen molar-refractivity contribution in [2.45, 2.75) is 25.8 Å². The predicted molar refractivity (Wildman–Crippen MR) is 119 cm³/mol. The number of fused-ring (bicyclic) bond motifs is 1. The maximum atomic E-state index is 14.5. The molecule has 1 saturated heterocycles. The molecule has 5 rings (SSSR count). The van der Waals surface area contributed by atoms with E-state index in [9.17, 15) is 14.0 Å². The molecule has 1 amide bonds. The van der Waals surface area contributed by atoms with E-state index in [1.165, 1.54) is 18.1 Å². The van der Waals surface area contributed by atoms with Crippen LogP contribution in [-0.2, 0) is 20.7 Å². The van der Waals surface area contributed by atoms with E-state index in [0.717, 1.165) is 11.3 Å². The second kappa shape index (κ2) is 8.73. The monoisotopic (exact) mass is 463 g/mol.